The van der Waals surface area contributed by atoms with Crippen molar-refractivity contribution in [1.29, 1.82) is 0 Å². The Labute approximate surface area is 67.5 Å². The minimum absolute atomic E-state index is 0.540. The molecule has 60 valence electrons. The summed E-state index contributed by atoms with van der Waals surface area (Å²) in [6, 6.07) is 1.99. The van der Waals surface area contributed by atoms with E-state index in [4.69, 9.17) is 5.73 Å². The standard InChI is InChI=1S/C9H14N2/c1-3-7(2)8-4-5-11-6-9(8)10/h4-7H,3,10H2,1-2H3. The molecule has 0 aromatic carbocycles. The molecule has 0 aliphatic rings. The number of anilines is 1. The van der Waals surface area contributed by atoms with Crippen molar-refractivity contribution >= 4 is 5.69 Å². The van der Waals surface area contributed by atoms with Gasteiger partial charge in [-0.1, -0.05) is 13.8 Å². The second kappa shape index (κ2) is 3.37. The van der Waals surface area contributed by atoms with Gasteiger partial charge in [0.25, 0.3) is 0 Å². The molecule has 1 heterocycles. The fourth-order valence-corrected chi connectivity index (χ4v) is 1.09. The SMILES string of the molecule is CCC(C)c1ccncc1N. The smallest absolute Gasteiger partial charge is 0.0535 e. The first kappa shape index (κ1) is 8.05. The Kier molecular flexibility index (Phi) is 2.47. The normalized spacial score (nSPS) is 12.9. The number of nitrogens with zero attached hydrogens (tertiary/aromatic N) is 1. The zero-order chi connectivity index (χ0) is 8.27. The van der Waals surface area contributed by atoms with E-state index in [1.165, 1.54) is 5.56 Å². The third-order valence-corrected chi connectivity index (χ3v) is 2.03. The van der Waals surface area contributed by atoms with Crippen LogP contribution in [0, 0.1) is 0 Å². The van der Waals surface area contributed by atoms with Gasteiger partial charge < -0.3 is 5.73 Å². The molecule has 2 heteroatoms. The van der Waals surface area contributed by atoms with E-state index in [1.54, 1.807) is 12.4 Å². The number of hydrogen-bond acceptors (Lipinski definition) is 2. The third kappa shape index (κ3) is 1.70. The molecular weight excluding hydrogens is 136 g/mol. The Balaban J connectivity index is 2.93. The van der Waals surface area contributed by atoms with Crippen LogP contribution in [0.1, 0.15) is 31.7 Å². The Morgan fingerprint density at radius 2 is 2.36 bits per heavy atom. The maximum Gasteiger partial charge on any atom is 0.0535 e. The van der Waals surface area contributed by atoms with Crippen LogP contribution in [-0.4, -0.2) is 4.98 Å². The molecule has 0 aliphatic carbocycles. The van der Waals surface area contributed by atoms with Gasteiger partial charge in [0.15, 0.2) is 0 Å². The average molecular weight is 150 g/mol. The summed E-state index contributed by atoms with van der Waals surface area (Å²) in [4.78, 5) is 3.94. The summed E-state index contributed by atoms with van der Waals surface area (Å²) in [5, 5.41) is 0. The van der Waals surface area contributed by atoms with Gasteiger partial charge in [0, 0.05) is 6.20 Å². The lowest BCUT2D eigenvalue weighted by molar-refractivity contribution is 0.734. The summed E-state index contributed by atoms with van der Waals surface area (Å²) < 4.78 is 0. The molecule has 0 saturated heterocycles. The molecule has 2 N–H and O–H groups in total. The second-order valence-corrected chi connectivity index (χ2v) is 2.81. The van der Waals surface area contributed by atoms with E-state index in [-0.39, 0.29) is 0 Å². The van der Waals surface area contributed by atoms with Crippen molar-refractivity contribution in [2.75, 3.05) is 5.73 Å². The van der Waals surface area contributed by atoms with E-state index in [9.17, 15) is 0 Å². The summed E-state index contributed by atoms with van der Waals surface area (Å²) in [5.41, 5.74) is 7.75. The lowest BCUT2D eigenvalue weighted by atomic mass is 9.99. The van der Waals surface area contributed by atoms with E-state index in [0.29, 0.717) is 5.92 Å². The van der Waals surface area contributed by atoms with Crippen LogP contribution in [0.3, 0.4) is 0 Å². The van der Waals surface area contributed by atoms with Crippen LogP contribution >= 0.6 is 0 Å². The monoisotopic (exact) mass is 150 g/mol. The lowest BCUT2D eigenvalue weighted by Crippen LogP contribution is -1.98. The third-order valence-electron chi connectivity index (χ3n) is 2.03. The van der Waals surface area contributed by atoms with E-state index in [0.717, 1.165) is 12.1 Å². The summed E-state index contributed by atoms with van der Waals surface area (Å²) >= 11 is 0. The fourth-order valence-electron chi connectivity index (χ4n) is 1.09. The van der Waals surface area contributed by atoms with E-state index < -0.39 is 0 Å². The van der Waals surface area contributed by atoms with E-state index in [2.05, 4.69) is 18.8 Å². The van der Waals surface area contributed by atoms with Crippen molar-refractivity contribution in [3.8, 4) is 0 Å². The molecule has 11 heavy (non-hydrogen) atoms. The minimum Gasteiger partial charge on any atom is -0.397 e. The quantitative estimate of drug-likeness (QED) is 0.701. The molecule has 1 aromatic heterocycles. The van der Waals surface area contributed by atoms with Gasteiger partial charge in [-0.15, -0.1) is 0 Å². The Morgan fingerprint density at radius 1 is 1.64 bits per heavy atom. The van der Waals surface area contributed by atoms with Crippen LogP contribution in [-0.2, 0) is 0 Å². The lowest BCUT2D eigenvalue weighted by Gasteiger charge is -2.10. The Hall–Kier alpha value is -1.05. The summed E-state index contributed by atoms with van der Waals surface area (Å²) in [5.74, 6) is 0.540. The molecule has 0 bridgehead atoms. The van der Waals surface area contributed by atoms with Crippen molar-refractivity contribution in [3.63, 3.8) is 0 Å². The molecule has 0 radical (unpaired) electrons. The second-order valence-electron chi connectivity index (χ2n) is 2.81. The van der Waals surface area contributed by atoms with Crippen LogP contribution in [0.5, 0.6) is 0 Å². The fraction of sp³-hybridized carbons (Fsp3) is 0.444. The van der Waals surface area contributed by atoms with Crippen molar-refractivity contribution in [1.82, 2.24) is 4.98 Å². The van der Waals surface area contributed by atoms with Crippen LogP contribution in [0.4, 0.5) is 5.69 Å². The molecule has 0 aliphatic heterocycles. The van der Waals surface area contributed by atoms with Gasteiger partial charge in [-0.3, -0.25) is 4.98 Å². The van der Waals surface area contributed by atoms with Crippen molar-refractivity contribution in [2.45, 2.75) is 26.2 Å². The topological polar surface area (TPSA) is 38.9 Å². The molecule has 1 atom stereocenters. The predicted octanol–water partition coefficient (Wildman–Crippen LogP) is 2.18. The molecule has 1 unspecified atom stereocenters. The Bertz CT molecular complexity index is 233. The molecular formula is C9H14N2. The van der Waals surface area contributed by atoms with Gasteiger partial charge >= 0.3 is 0 Å². The maximum atomic E-state index is 5.73. The van der Waals surface area contributed by atoms with Crippen LogP contribution < -0.4 is 5.73 Å². The number of nitrogens with two attached hydrogens (primary N) is 1. The number of nitrogen functional groups attached to an aromatic ring is 1. The first-order valence-corrected chi connectivity index (χ1v) is 3.95. The highest BCUT2D eigenvalue weighted by atomic mass is 14.7. The van der Waals surface area contributed by atoms with Crippen molar-refractivity contribution < 1.29 is 0 Å². The predicted molar refractivity (Wildman–Crippen MR) is 47.4 cm³/mol. The van der Waals surface area contributed by atoms with Gasteiger partial charge in [0.1, 0.15) is 0 Å². The van der Waals surface area contributed by atoms with Gasteiger partial charge in [-0.05, 0) is 24.0 Å². The van der Waals surface area contributed by atoms with Crippen LogP contribution in [0.15, 0.2) is 18.5 Å². The van der Waals surface area contributed by atoms with Crippen LogP contribution in [0.2, 0.25) is 0 Å². The number of rotatable bonds is 2. The van der Waals surface area contributed by atoms with Gasteiger partial charge in [-0.25, -0.2) is 0 Å². The zero-order valence-corrected chi connectivity index (χ0v) is 7.04. The molecule has 0 fully saturated rings. The largest absolute Gasteiger partial charge is 0.397 e. The first-order valence-electron chi connectivity index (χ1n) is 3.95. The highest BCUT2D eigenvalue weighted by Crippen LogP contribution is 2.22. The van der Waals surface area contributed by atoms with Gasteiger partial charge in [0.05, 0.1) is 11.9 Å². The van der Waals surface area contributed by atoms with Crippen molar-refractivity contribution in [3.05, 3.63) is 24.0 Å². The minimum atomic E-state index is 0.540. The van der Waals surface area contributed by atoms with Gasteiger partial charge in [0.2, 0.25) is 0 Å². The average Bonchev–Trinajstić information content (AvgIpc) is 2.04. The molecule has 0 amide bonds. The summed E-state index contributed by atoms with van der Waals surface area (Å²) in [6.07, 6.45) is 4.62. The number of hydrogen-bond donors (Lipinski definition) is 1. The highest BCUT2D eigenvalue weighted by Gasteiger charge is 2.04. The maximum absolute atomic E-state index is 5.73. The summed E-state index contributed by atoms with van der Waals surface area (Å²) in [7, 11) is 0. The van der Waals surface area contributed by atoms with Crippen LogP contribution in [0.25, 0.3) is 0 Å². The van der Waals surface area contributed by atoms with Crippen molar-refractivity contribution in [2.24, 2.45) is 0 Å². The molecule has 2 nitrogen and oxygen atoms in total. The summed E-state index contributed by atoms with van der Waals surface area (Å²) in [6.45, 7) is 4.33. The Morgan fingerprint density at radius 3 is 2.91 bits per heavy atom. The molecule has 1 aromatic rings. The van der Waals surface area contributed by atoms with E-state index in [1.807, 2.05) is 6.07 Å². The zero-order valence-electron chi connectivity index (χ0n) is 7.04. The number of pyridine rings is 1. The van der Waals surface area contributed by atoms with Gasteiger partial charge in [-0.2, -0.15) is 0 Å². The highest BCUT2D eigenvalue weighted by molar-refractivity contribution is 5.45. The molecule has 0 spiro atoms. The first-order chi connectivity index (χ1) is 5.25. The number of aromatic nitrogens is 1. The molecule has 0 saturated carbocycles. The molecule has 1 rings (SSSR count). The van der Waals surface area contributed by atoms with E-state index >= 15 is 0 Å².